The Balaban J connectivity index is 2.00. The first kappa shape index (κ1) is 14.7. The number of nitrogens with one attached hydrogen (secondary N) is 1. The van der Waals surface area contributed by atoms with E-state index in [4.69, 9.17) is 11.6 Å². The van der Waals surface area contributed by atoms with E-state index in [0.717, 1.165) is 0 Å². The molecule has 0 unspecified atom stereocenters. The Kier molecular flexibility index (Phi) is 4.46. The predicted molar refractivity (Wildman–Crippen MR) is 74.7 cm³/mol. The van der Waals surface area contributed by atoms with Crippen molar-refractivity contribution in [3.8, 4) is 0 Å². The number of carbonyl (C=O) groups is 1. The largest absolute Gasteiger partial charge is 0.325 e. The van der Waals surface area contributed by atoms with Crippen molar-refractivity contribution in [1.29, 1.82) is 0 Å². The van der Waals surface area contributed by atoms with E-state index in [-0.39, 0.29) is 37.5 Å². The minimum absolute atomic E-state index is 0.219. The standard InChI is InChI=1S/C13H13BrClF2NO/c14-10-2-1-9(15)7-11(10)18-12(19)8-3-5-13(16,17)6-4-8/h1-2,7-8H,3-6H2,(H,18,19). The highest BCUT2D eigenvalue weighted by Crippen LogP contribution is 2.37. The van der Waals surface area contributed by atoms with Crippen LogP contribution in [-0.4, -0.2) is 11.8 Å². The lowest BCUT2D eigenvalue weighted by molar-refractivity contribution is -0.124. The summed E-state index contributed by atoms with van der Waals surface area (Å²) in [5.74, 6) is -3.20. The topological polar surface area (TPSA) is 29.1 Å². The van der Waals surface area contributed by atoms with E-state index in [0.29, 0.717) is 15.2 Å². The summed E-state index contributed by atoms with van der Waals surface area (Å²) in [6.45, 7) is 0. The second-order valence-corrected chi connectivity index (χ2v) is 6.03. The molecule has 1 aliphatic carbocycles. The SMILES string of the molecule is O=C(Nc1cc(Cl)ccc1Br)C1CCC(F)(F)CC1. The first-order chi connectivity index (χ1) is 8.87. The summed E-state index contributed by atoms with van der Waals surface area (Å²) in [5.41, 5.74) is 0.565. The van der Waals surface area contributed by atoms with Gasteiger partial charge in [-0.15, -0.1) is 0 Å². The zero-order valence-electron chi connectivity index (χ0n) is 10.1. The molecule has 0 heterocycles. The molecule has 1 N–H and O–H groups in total. The number of hydrogen-bond acceptors (Lipinski definition) is 1. The van der Waals surface area contributed by atoms with Gasteiger partial charge in [0.1, 0.15) is 0 Å². The van der Waals surface area contributed by atoms with Crippen molar-refractivity contribution in [2.45, 2.75) is 31.6 Å². The van der Waals surface area contributed by atoms with Gasteiger partial charge in [-0.25, -0.2) is 8.78 Å². The van der Waals surface area contributed by atoms with Crippen LogP contribution in [0.3, 0.4) is 0 Å². The van der Waals surface area contributed by atoms with Crippen molar-refractivity contribution in [2.24, 2.45) is 5.92 Å². The Hall–Kier alpha value is -0.680. The molecule has 0 atom stereocenters. The zero-order valence-corrected chi connectivity index (χ0v) is 12.4. The maximum absolute atomic E-state index is 13.0. The average Bonchev–Trinajstić information content (AvgIpc) is 2.33. The number of anilines is 1. The highest BCUT2D eigenvalue weighted by molar-refractivity contribution is 9.10. The molecule has 0 saturated heterocycles. The number of hydrogen-bond donors (Lipinski definition) is 1. The second kappa shape index (κ2) is 5.75. The molecular formula is C13H13BrClF2NO. The minimum atomic E-state index is -2.62. The average molecular weight is 353 g/mol. The number of amides is 1. The molecule has 2 rings (SSSR count). The van der Waals surface area contributed by atoms with Gasteiger partial charge in [0.05, 0.1) is 5.69 Å². The van der Waals surface area contributed by atoms with Crippen molar-refractivity contribution in [1.82, 2.24) is 0 Å². The first-order valence-electron chi connectivity index (χ1n) is 6.01. The van der Waals surface area contributed by atoms with Crippen LogP contribution in [0.1, 0.15) is 25.7 Å². The van der Waals surface area contributed by atoms with E-state index < -0.39 is 5.92 Å². The lowest BCUT2D eigenvalue weighted by Gasteiger charge is -2.27. The lowest BCUT2D eigenvalue weighted by Crippen LogP contribution is -2.31. The first-order valence-corrected chi connectivity index (χ1v) is 7.18. The van der Waals surface area contributed by atoms with Gasteiger partial charge in [0.2, 0.25) is 11.8 Å². The fraction of sp³-hybridized carbons (Fsp3) is 0.462. The summed E-state index contributed by atoms with van der Waals surface area (Å²) in [6.07, 6.45) is -0.00234. The third kappa shape index (κ3) is 3.89. The molecule has 1 amide bonds. The van der Waals surface area contributed by atoms with Crippen LogP contribution in [0.15, 0.2) is 22.7 Å². The van der Waals surface area contributed by atoms with Crippen LogP contribution in [-0.2, 0) is 4.79 Å². The molecule has 0 aromatic heterocycles. The van der Waals surface area contributed by atoms with Crippen LogP contribution < -0.4 is 5.32 Å². The highest BCUT2D eigenvalue weighted by Gasteiger charge is 2.37. The summed E-state index contributed by atoms with van der Waals surface area (Å²) in [5, 5.41) is 3.24. The zero-order chi connectivity index (χ0) is 14.0. The highest BCUT2D eigenvalue weighted by atomic mass is 79.9. The van der Waals surface area contributed by atoms with Gasteiger partial charge < -0.3 is 5.32 Å². The molecule has 104 valence electrons. The number of benzene rings is 1. The van der Waals surface area contributed by atoms with Gasteiger partial charge in [-0.3, -0.25) is 4.79 Å². The Bertz CT molecular complexity index is 486. The molecule has 6 heteroatoms. The molecule has 2 nitrogen and oxygen atoms in total. The van der Waals surface area contributed by atoms with Gasteiger partial charge in [0, 0.05) is 28.3 Å². The van der Waals surface area contributed by atoms with E-state index >= 15 is 0 Å². The van der Waals surface area contributed by atoms with Crippen molar-refractivity contribution < 1.29 is 13.6 Å². The molecular weight excluding hydrogens is 340 g/mol. The maximum Gasteiger partial charge on any atom is 0.248 e. The van der Waals surface area contributed by atoms with E-state index in [2.05, 4.69) is 21.2 Å². The Morgan fingerprint density at radius 3 is 2.63 bits per heavy atom. The molecule has 19 heavy (non-hydrogen) atoms. The van der Waals surface area contributed by atoms with Crippen molar-refractivity contribution in [2.75, 3.05) is 5.32 Å². The molecule has 1 aromatic rings. The van der Waals surface area contributed by atoms with Crippen LogP contribution in [0.5, 0.6) is 0 Å². The summed E-state index contributed by atoms with van der Waals surface area (Å²) in [4.78, 5) is 12.0. The molecule has 1 aromatic carbocycles. The molecule has 1 saturated carbocycles. The molecule has 0 bridgehead atoms. The summed E-state index contributed by atoms with van der Waals surface area (Å²) in [6, 6.07) is 5.05. The van der Waals surface area contributed by atoms with Gasteiger partial charge in [-0.1, -0.05) is 11.6 Å². The monoisotopic (exact) mass is 351 g/mol. The van der Waals surface area contributed by atoms with Crippen LogP contribution in [0, 0.1) is 5.92 Å². The second-order valence-electron chi connectivity index (χ2n) is 4.74. The molecule has 1 fully saturated rings. The smallest absolute Gasteiger partial charge is 0.248 e. The van der Waals surface area contributed by atoms with Gasteiger partial charge in [0.25, 0.3) is 0 Å². The van der Waals surface area contributed by atoms with E-state index in [1.54, 1.807) is 18.2 Å². The Morgan fingerprint density at radius 2 is 2.00 bits per heavy atom. The van der Waals surface area contributed by atoms with Crippen LogP contribution in [0.25, 0.3) is 0 Å². The Morgan fingerprint density at radius 1 is 1.37 bits per heavy atom. The van der Waals surface area contributed by atoms with E-state index in [1.807, 2.05) is 0 Å². The van der Waals surface area contributed by atoms with Crippen molar-refractivity contribution in [3.05, 3.63) is 27.7 Å². The quantitative estimate of drug-likeness (QED) is 0.808. The predicted octanol–water partition coefficient (Wildman–Crippen LogP) is 4.87. The molecule has 1 aliphatic rings. The fourth-order valence-corrected chi connectivity index (χ4v) is 2.65. The van der Waals surface area contributed by atoms with Gasteiger partial charge in [-0.05, 0) is 47.0 Å². The minimum Gasteiger partial charge on any atom is -0.325 e. The number of rotatable bonds is 2. The van der Waals surface area contributed by atoms with Crippen molar-refractivity contribution >= 4 is 39.1 Å². The summed E-state index contributed by atoms with van der Waals surface area (Å²) >= 11 is 9.16. The van der Waals surface area contributed by atoms with Gasteiger partial charge in [0.15, 0.2) is 0 Å². The maximum atomic E-state index is 13.0. The molecule has 0 spiro atoms. The van der Waals surface area contributed by atoms with Gasteiger partial charge in [-0.2, -0.15) is 0 Å². The van der Waals surface area contributed by atoms with E-state index in [1.165, 1.54) is 0 Å². The summed E-state index contributed by atoms with van der Waals surface area (Å²) < 4.78 is 26.8. The summed E-state index contributed by atoms with van der Waals surface area (Å²) in [7, 11) is 0. The third-order valence-corrected chi connectivity index (χ3v) is 4.20. The number of carbonyl (C=O) groups excluding carboxylic acids is 1. The number of alkyl halides is 2. The normalized spacial score (nSPS) is 19.2. The Labute approximate surface area is 123 Å². The van der Waals surface area contributed by atoms with Crippen LogP contribution in [0.2, 0.25) is 5.02 Å². The van der Waals surface area contributed by atoms with Crippen LogP contribution >= 0.6 is 27.5 Å². The molecule has 0 aliphatic heterocycles. The van der Waals surface area contributed by atoms with Crippen molar-refractivity contribution in [3.63, 3.8) is 0 Å². The lowest BCUT2D eigenvalue weighted by atomic mass is 9.86. The van der Waals surface area contributed by atoms with Crippen LogP contribution in [0.4, 0.5) is 14.5 Å². The molecule has 0 radical (unpaired) electrons. The van der Waals surface area contributed by atoms with Gasteiger partial charge >= 0.3 is 0 Å². The van der Waals surface area contributed by atoms with E-state index in [9.17, 15) is 13.6 Å². The number of halogens is 4. The fourth-order valence-electron chi connectivity index (χ4n) is 2.13. The third-order valence-electron chi connectivity index (χ3n) is 3.27.